The van der Waals surface area contributed by atoms with Crippen molar-refractivity contribution in [3.05, 3.63) is 70.2 Å². The Balaban J connectivity index is 1.45. The fourth-order valence-electron chi connectivity index (χ4n) is 3.25. The first-order chi connectivity index (χ1) is 13.6. The molecule has 0 aliphatic carbocycles. The lowest BCUT2D eigenvalue weighted by atomic mass is 10.1. The van der Waals surface area contributed by atoms with Gasteiger partial charge in [-0.1, -0.05) is 54.1 Å². The zero-order chi connectivity index (χ0) is 19.8. The van der Waals surface area contributed by atoms with E-state index in [1.807, 2.05) is 24.3 Å². The number of piperazine rings is 1. The minimum atomic E-state index is 0.642. The number of hydrogen-bond acceptors (Lipinski definition) is 3. The van der Waals surface area contributed by atoms with E-state index >= 15 is 0 Å². The molecule has 2 N–H and O–H groups in total. The molecule has 1 aliphatic heterocycles. The summed E-state index contributed by atoms with van der Waals surface area (Å²) < 4.78 is 0. The number of nitrogens with zero attached hydrogens (tertiary/aromatic N) is 3. The fraction of sp³-hybridized carbons (Fsp3) is 0.409. The van der Waals surface area contributed by atoms with Crippen LogP contribution in [0.3, 0.4) is 0 Å². The van der Waals surface area contributed by atoms with E-state index in [4.69, 9.17) is 11.6 Å². The molecule has 1 saturated heterocycles. The van der Waals surface area contributed by atoms with Crippen LogP contribution in [0, 0.1) is 0 Å². The Kier molecular flexibility index (Phi) is 7.71. The van der Waals surface area contributed by atoms with E-state index in [-0.39, 0.29) is 0 Å². The van der Waals surface area contributed by atoms with Crippen molar-refractivity contribution in [2.45, 2.75) is 19.6 Å². The average Bonchev–Trinajstić information content (AvgIpc) is 2.72. The molecule has 0 saturated carbocycles. The molecule has 150 valence electrons. The second-order valence-corrected chi connectivity index (χ2v) is 7.67. The third-order valence-corrected chi connectivity index (χ3v) is 5.48. The highest BCUT2D eigenvalue weighted by atomic mass is 35.5. The quantitative estimate of drug-likeness (QED) is 0.579. The lowest BCUT2D eigenvalue weighted by Crippen LogP contribution is -2.43. The number of nitrogens with one attached hydrogen (secondary N) is 2. The minimum Gasteiger partial charge on any atom is -0.352 e. The molecule has 6 heteroatoms. The Labute approximate surface area is 173 Å². The van der Waals surface area contributed by atoms with Crippen molar-refractivity contribution in [1.29, 1.82) is 0 Å². The van der Waals surface area contributed by atoms with Crippen LogP contribution in [0.25, 0.3) is 0 Å². The summed E-state index contributed by atoms with van der Waals surface area (Å²) in [6.45, 7) is 7.01. The predicted octanol–water partition coefficient (Wildman–Crippen LogP) is 2.95. The number of halogens is 1. The summed E-state index contributed by atoms with van der Waals surface area (Å²) in [5, 5.41) is 7.44. The topological polar surface area (TPSA) is 42.9 Å². The molecular formula is C22H30ClN5. The smallest absolute Gasteiger partial charge is 0.191 e. The number of hydrogen-bond donors (Lipinski definition) is 2. The number of benzene rings is 2. The molecular weight excluding hydrogens is 370 g/mol. The molecule has 0 unspecified atom stereocenters. The van der Waals surface area contributed by atoms with Gasteiger partial charge in [0.25, 0.3) is 0 Å². The van der Waals surface area contributed by atoms with Gasteiger partial charge in [-0.05, 0) is 29.8 Å². The highest BCUT2D eigenvalue weighted by Gasteiger charge is 2.13. The van der Waals surface area contributed by atoms with Crippen LogP contribution in [-0.2, 0) is 19.6 Å². The highest BCUT2D eigenvalue weighted by Crippen LogP contribution is 2.14. The number of aliphatic imine (C=N–C) groups is 1. The first kappa shape index (κ1) is 20.6. The predicted molar refractivity (Wildman–Crippen MR) is 118 cm³/mol. The first-order valence-electron chi connectivity index (χ1n) is 9.80. The number of rotatable bonds is 6. The molecule has 5 nitrogen and oxygen atoms in total. The van der Waals surface area contributed by atoms with E-state index in [1.54, 1.807) is 7.05 Å². The summed E-state index contributed by atoms with van der Waals surface area (Å²) >= 11 is 6.21. The second-order valence-electron chi connectivity index (χ2n) is 7.27. The van der Waals surface area contributed by atoms with E-state index in [1.165, 1.54) is 11.1 Å². The lowest BCUT2D eigenvalue weighted by Gasteiger charge is -2.32. The van der Waals surface area contributed by atoms with Gasteiger partial charge in [0.1, 0.15) is 0 Å². The highest BCUT2D eigenvalue weighted by molar-refractivity contribution is 6.31. The van der Waals surface area contributed by atoms with Crippen molar-refractivity contribution in [3.63, 3.8) is 0 Å². The van der Waals surface area contributed by atoms with Crippen LogP contribution in [-0.4, -0.2) is 56.0 Å². The van der Waals surface area contributed by atoms with Crippen LogP contribution in [0.1, 0.15) is 16.7 Å². The van der Waals surface area contributed by atoms with Gasteiger partial charge in [-0.2, -0.15) is 0 Å². The zero-order valence-corrected chi connectivity index (χ0v) is 17.5. The molecule has 1 fully saturated rings. The van der Waals surface area contributed by atoms with Gasteiger partial charge in [-0.25, -0.2) is 0 Å². The van der Waals surface area contributed by atoms with Crippen molar-refractivity contribution < 1.29 is 0 Å². The molecule has 0 aromatic heterocycles. The number of guanidine groups is 1. The molecule has 2 aromatic carbocycles. The monoisotopic (exact) mass is 399 g/mol. The molecule has 3 rings (SSSR count). The number of likely N-dealkylation sites (N-methyl/N-ethyl adjacent to an activating group) is 1. The third kappa shape index (κ3) is 6.23. The van der Waals surface area contributed by atoms with Crippen LogP contribution in [0.15, 0.2) is 53.5 Å². The largest absolute Gasteiger partial charge is 0.352 e. The molecule has 0 spiro atoms. The molecule has 0 atom stereocenters. The van der Waals surface area contributed by atoms with Gasteiger partial charge in [-0.3, -0.25) is 9.89 Å². The van der Waals surface area contributed by atoms with Gasteiger partial charge < -0.3 is 15.5 Å². The molecule has 0 amide bonds. The van der Waals surface area contributed by atoms with Crippen LogP contribution in [0.2, 0.25) is 5.02 Å². The maximum absolute atomic E-state index is 6.21. The standard InChI is InChI=1S/C22H30ClN5/c1-24-22(26-16-20-5-3-4-6-21(20)23)25-15-18-7-9-19(10-8-18)17-28-13-11-27(2)12-14-28/h3-10H,11-17H2,1-2H3,(H2,24,25,26). The zero-order valence-electron chi connectivity index (χ0n) is 16.8. The van der Waals surface area contributed by atoms with Gasteiger partial charge in [-0.15, -0.1) is 0 Å². The Hall–Kier alpha value is -2.08. The van der Waals surface area contributed by atoms with Gasteiger partial charge >= 0.3 is 0 Å². The average molecular weight is 400 g/mol. The Morgan fingerprint density at radius 3 is 2.25 bits per heavy atom. The summed E-state index contributed by atoms with van der Waals surface area (Å²) in [4.78, 5) is 9.20. The van der Waals surface area contributed by atoms with Crippen molar-refractivity contribution >= 4 is 17.6 Å². The summed E-state index contributed by atoms with van der Waals surface area (Å²) in [5.41, 5.74) is 3.66. The molecule has 2 aromatic rings. The fourth-order valence-corrected chi connectivity index (χ4v) is 3.46. The Morgan fingerprint density at radius 2 is 1.57 bits per heavy atom. The Morgan fingerprint density at radius 1 is 0.929 bits per heavy atom. The molecule has 28 heavy (non-hydrogen) atoms. The van der Waals surface area contributed by atoms with E-state index in [2.05, 4.69) is 56.7 Å². The summed E-state index contributed by atoms with van der Waals surface area (Å²) in [6, 6.07) is 16.7. The van der Waals surface area contributed by atoms with E-state index in [0.29, 0.717) is 6.54 Å². The van der Waals surface area contributed by atoms with Gasteiger partial charge in [0.2, 0.25) is 0 Å². The van der Waals surface area contributed by atoms with Crippen molar-refractivity contribution in [2.24, 2.45) is 4.99 Å². The van der Waals surface area contributed by atoms with E-state index in [0.717, 1.165) is 55.8 Å². The summed E-state index contributed by atoms with van der Waals surface area (Å²) in [6.07, 6.45) is 0. The summed E-state index contributed by atoms with van der Waals surface area (Å²) in [5.74, 6) is 0.765. The second kappa shape index (κ2) is 10.5. The molecule has 0 radical (unpaired) electrons. The van der Waals surface area contributed by atoms with E-state index in [9.17, 15) is 0 Å². The van der Waals surface area contributed by atoms with Gasteiger partial charge in [0, 0.05) is 57.9 Å². The van der Waals surface area contributed by atoms with Crippen molar-refractivity contribution in [3.8, 4) is 0 Å². The van der Waals surface area contributed by atoms with Crippen LogP contribution < -0.4 is 10.6 Å². The third-order valence-electron chi connectivity index (χ3n) is 5.11. The minimum absolute atomic E-state index is 0.642. The summed E-state index contributed by atoms with van der Waals surface area (Å²) in [7, 11) is 3.97. The van der Waals surface area contributed by atoms with E-state index < -0.39 is 0 Å². The molecule has 0 bridgehead atoms. The van der Waals surface area contributed by atoms with Crippen molar-refractivity contribution in [2.75, 3.05) is 40.3 Å². The lowest BCUT2D eigenvalue weighted by molar-refractivity contribution is 0.148. The van der Waals surface area contributed by atoms with Crippen LogP contribution in [0.4, 0.5) is 0 Å². The molecule has 1 aliphatic rings. The Bertz CT molecular complexity index is 767. The van der Waals surface area contributed by atoms with Gasteiger partial charge in [0.05, 0.1) is 0 Å². The SMILES string of the molecule is CN=C(NCc1ccc(CN2CCN(C)CC2)cc1)NCc1ccccc1Cl. The van der Waals surface area contributed by atoms with Crippen molar-refractivity contribution in [1.82, 2.24) is 20.4 Å². The van der Waals surface area contributed by atoms with Gasteiger partial charge in [0.15, 0.2) is 5.96 Å². The van der Waals surface area contributed by atoms with Crippen LogP contribution in [0.5, 0.6) is 0 Å². The molecule has 1 heterocycles. The normalized spacial score (nSPS) is 16.2. The maximum Gasteiger partial charge on any atom is 0.191 e. The first-order valence-corrected chi connectivity index (χ1v) is 10.2. The van der Waals surface area contributed by atoms with Crippen LogP contribution >= 0.6 is 11.6 Å². The maximum atomic E-state index is 6.21.